The van der Waals surface area contributed by atoms with Crippen LogP contribution in [0.2, 0.25) is 0 Å². The Hall–Kier alpha value is -3.46. The summed E-state index contributed by atoms with van der Waals surface area (Å²) in [6.45, 7) is 6.06. The molecule has 1 aromatic heterocycles. The van der Waals surface area contributed by atoms with Crippen molar-refractivity contribution in [3.8, 4) is 0 Å². The zero-order valence-electron chi connectivity index (χ0n) is 17.5. The van der Waals surface area contributed by atoms with Crippen LogP contribution in [0.5, 0.6) is 0 Å². The second-order valence-electron chi connectivity index (χ2n) is 7.90. The molecule has 162 valence electrons. The summed E-state index contributed by atoms with van der Waals surface area (Å²) in [6, 6.07) is 12.8. The maximum absolute atomic E-state index is 12.4. The number of hydrogen-bond donors (Lipinski definition) is 2. The SMILES string of the molecule is Cc1cccc(CNC(=O)CN2CCCN(c3nc4ccc([N+](=O)[O-])cc4[nH]3)CC2)c1. The van der Waals surface area contributed by atoms with E-state index >= 15 is 0 Å². The van der Waals surface area contributed by atoms with E-state index in [1.54, 1.807) is 6.07 Å². The lowest BCUT2D eigenvalue weighted by Gasteiger charge is -2.21. The highest BCUT2D eigenvalue weighted by Gasteiger charge is 2.20. The van der Waals surface area contributed by atoms with Crippen molar-refractivity contribution in [2.75, 3.05) is 37.6 Å². The van der Waals surface area contributed by atoms with Gasteiger partial charge in [0.25, 0.3) is 5.69 Å². The number of nitro groups is 1. The van der Waals surface area contributed by atoms with Crippen LogP contribution in [0, 0.1) is 17.0 Å². The lowest BCUT2D eigenvalue weighted by Crippen LogP contribution is -2.39. The van der Waals surface area contributed by atoms with Crippen LogP contribution in [-0.4, -0.2) is 58.4 Å². The third-order valence-corrected chi connectivity index (χ3v) is 5.49. The van der Waals surface area contributed by atoms with Gasteiger partial charge in [-0.2, -0.15) is 0 Å². The molecule has 0 saturated carbocycles. The first-order chi connectivity index (χ1) is 15.0. The van der Waals surface area contributed by atoms with Crippen LogP contribution in [0.3, 0.4) is 0 Å². The smallest absolute Gasteiger partial charge is 0.271 e. The summed E-state index contributed by atoms with van der Waals surface area (Å²) in [5.41, 5.74) is 3.68. The molecule has 1 amide bonds. The minimum absolute atomic E-state index is 0.0194. The van der Waals surface area contributed by atoms with Crippen molar-refractivity contribution in [1.29, 1.82) is 0 Å². The van der Waals surface area contributed by atoms with Crippen LogP contribution in [0.25, 0.3) is 11.0 Å². The normalized spacial score (nSPS) is 15.1. The van der Waals surface area contributed by atoms with Crippen molar-refractivity contribution in [3.63, 3.8) is 0 Å². The van der Waals surface area contributed by atoms with Crippen molar-refractivity contribution in [2.45, 2.75) is 19.9 Å². The number of nitrogens with zero attached hydrogens (tertiary/aromatic N) is 4. The van der Waals surface area contributed by atoms with Gasteiger partial charge in [0.15, 0.2) is 0 Å². The number of imidazole rings is 1. The molecule has 1 aliphatic heterocycles. The molecule has 2 heterocycles. The van der Waals surface area contributed by atoms with E-state index < -0.39 is 4.92 Å². The first-order valence-electron chi connectivity index (χ1n) is 10.4. The van der Waals surface area contributed by atoms with Gasteiger partial charge in [-0.15, -0.1) is 0 Å². The maximum atomic E-state index is 12.4. The Bertz CT molecular complexity index is 1100. The van der Waals surface area contributed by atoms with Crippen LogP contribution >= 0.6 is 0 Å². The summed E-state index contributed by atoms with van der Waals surface area (Å²) in [5, 5.41) is 14.0. The standard InChI is InChI=1S/C22H26N6O3/c1-16-4-2-5-17(12-16)14-23-21(29)15-26-8-3-9-27(11-10-26)22-24-19-7-6-18(28(30)31)13-20(19)25-22/h2,4-7,12-13H,3,8-11,14-15H2,1H3,(H,23,29)(H,24,25). The van der Waals surface area contributed by atoms with Crippen LogP contribution < -0.4 is 10.2 Å². The number of aromatic nitrogens is 2. The second-order valence-corrected chi connectivity index (χ2v) is 7.90. The fourth-order valence-electron chi connectivity index (χ4n) is 3.87. The molecule has 0 atom stereocenters. The van der Waals surface area contributed by atoms with E-state index in [0.29, 0.717) is 30.1 Å². The molecule has 1 aliphatic rings. The van der Waals surface area contributed by atoms with Gasteiger partial charge >= 0.3 is 0 Å². The van der Waals surface area contributed by atoms with Crippen molar-refractivity contribution in [3.05, 3.63) is 63.7 Å². The number of nitro benzene ring substituents is 1. The maximum Gasteiger partial charge on any atom is 0.271 e. The van der Waals surface area contributed by atoms with E-state index in [1.807, 2.05) is 25.1 Å². The molecule has 0 bridgehead atoms. The van der Waals surface area contributed by atoms with Gasteiger partial charge in [0.05, 0.1) is 22.5 Å². The molecule has 0 spiro atoms. The molecule has 31 heavy (non-hydrogen) atoms. The number of carbonyl (C=O) groups is 1. The lowest BCUT2D eigenvalue weighted by molar-refractivity contribution is -0.384. The molecular formula is C22H26N6O3. The average molecular weight is 422 g/mol. The third-order valence-electron chi connectivity index (χ3n) is 5.49. The molecule has 4 rings (SSSR count). The van der Waals surface area contributed by atoms with E-state index in [1.165, 1.54) is 17.7 Å². The summed E-state index contributed by atoms with van der Waals surface area (Å²) in [4.78, 5) is 35.0. The molecule has 2 N–H and O–H groups in total. The number of amides is 1. The number of hydrogen-bond acceptors (Lipinski definition) is 6. The summed E-state index contributed by atoms with van der Waals surface area (Å²) in [6.07, 6.45) is 0.905. The van der Waals surface area contributed by atoms with E-state index in [-0.39, 0.29) is 11.6 Å². The number of H-pyrrole nitrogens is 1. The quantitative estimate of drug-likeness (QED) is 0.467. The molecule has 9 heteroatoms. The van der Waals surface area contributed by atoms with E-state index in [0.717, 1.165) is 38.2 Å². The summed E-state index contributed by atoms with van der Waals surface area (Å²) in [5.74, 6) is 0.729. The summed E-state index contributed by atoms with van der Waals surface area (Å²) < 4.78 is 0. The Morgan fingerprint density at radius 3 is 2.87 bits per heavy atom. The number of rotatable bonds is 6. The minimum atomic E-state index is -0.409. The molecule has 3 aromatic rings. The second kappa shape index (κ2) is 9.13. The Balaban J connectivity index is 1.32. The zero-order valence-corrected chi connectivity index (χ0v) is 17.5. The van der Waals surface area contributed by atoms with E-state index in [2.05, 4.69) is 31.2 Å². The van der Waals surface area contributed by atoms with Crippen LogP contribution in [0.1, 0.15) is 17.5 Å². The number of fused-ring (bicyclic) bond motifs is 1. The highest BCUT2D eigenvalue weighted by Crippen LogP contribution is 2.23. The van der Waals surface area contributed by atoms with Crippen LogP contribution in [0.4, 0.5) is 11.6 Å². The monoisotopic (exact) mass is 422 g/mol. The number of non-ortho nitro benzene ring substituents is 1. The Morgan fingerprint density at radius 1 is 1.19 bits per heavy atom. The van der Waals surface area contributed by atoms with Gasteiger partial charge < -0.3 is 15.2 Å². The molecule has 9 nitrogen and oxygen atoms in total. The van der Waals surface area contributed by atoms with Gasteiger partial charge in [-0.1, -0.05) is 29.8 Å². The van der Waals surface area contributed by atoms with Crippen LogP contribution in [-0.2, 0) is 11.3 Å². The highest BCUT2D eigenvalue weighted by atomic mass is 16.6. The van der Waals surface area contributed by atoms with Gasteiger partial charge in [-0.05, 0) is 25.0 Å². The zero-order chi connectivity index (χ0) is 21.8. The number of benzene rings is 2. The van der Waals surface area contributed by atoms with Gasteiger partial charge in [0, 0.05) is 44.9 Å². The van der Waals surface area contributed by atoms with Gasteiger partial charge in [0.1, 0.15) is 0 Å². The van der Waals surface area contributed by atoms with Crippen molar-refractivity contribution < 1.29 is 9.72 Å². The number of aromatic amines is 1. The number of anilines is 1. The Morgan fingerprint density at radius 2 is 2.06 bits per heavy atom. The number of aryl methyl sites for hydroxylation is 1. The van der Waals surface area contributed by atoms with Gasteiger partial charge in [-0.25, -0.2) is 4.98 Å². The molecule has 1 fully saturated rings. The molecule has 2 aromatic carbocycles. The highest BCUT2D eigenvalue weighted by molar-refractivity contribution is 5.80. The molecular weight excluding hydrogens is 396 g/mol. The van der Waals surface area contributed by atoms with Crippen molar-refractivity contribution in [1.82, 2.24) is 20.2 Å². The van der Waals surface area contributed by atoms with Crippen molar-refractivity contribution in [2.24, 2.45) is 0 Å². The fraction of sp³-hybridized carbons (Fsp3) is 0.364. The summed E-state index contributed by atoms with van der Waals surface area (Å²) >= 11 is 0. The number of nitrogens with one attached hydrogen (secondary N) is 2. The minimum Gasteiger partial charge on any atom is -0.351 e. The molecule has 0 unspecified atom stereocenters. The third kappa shape index (κ3) is 5.18. The van der Waals surface area contributed by atoms with E-state index in [9.17, 15) is 14.9 Å². The fourth-order valence-corrected chi connectivity index (χ4v) is 3.87. The first kappa shape index (κ1) is 20.8. The predicted octanol–water partition coefficient (Wildman–Crippen LogP) is 2.61. The molecule has 1 saturated heterocycles. The molecule has 0 aliphatic carbocycles. The lowest BCUT2D eigenvalue weighted by atomic mass is 10.1. The van der Waals surface area contributed by atoms with E-state index in [4.69, 9.17) is 0 Å². The largest absolute Gasteiger partial charge is 0.351 e. The Kier molecular flexibility index (Phi) is 6.13. The Labute approximate surface area is 180 Å². The summed E-state index contributed by atoms with van der Waals surface area (Å²) in [7, 11) is 0. The van der Waals surface area contributed by atoms with Gasteiger partial charge in [-0.3, -0.25) is 19.8 Å². The number of carbonyl (C=O) groups excluding carboxylic acids is 1. The van der Waals surface area contributed by atoms with Crippen LogP contribution in [0.15, 0.2) is 42.5 Å². The first-order valence-corrected chi connectivity index (χ1v) is 10.4. The molecule has 0 radical (unpaired) electrons. The predicted molar refractivity (Wildman–Crippen MR) is 119 cm³/mol. The average Bonchev–Trinajstić information content (AvgIpc) is 3.04. The van der Waals surface area contributed by atoms with Crippen molar-refractivity contribution >= 4 is 28.6 Å². The topological polar surface area (TPSA) is 107 Å². The van der Waals surface area contributed by atoms with Gasteiger partial charge in [0.2, 0.25) is 11.9 Å².